The lowest BCUT2D eigenvalue weighted by Crippen LogP contribution is -2.50. The van der Waals surface area contributed by atoms with Crippen LogP contribution in [0.2, 0.25) is 5.02 Å². The van der Waals surface area contributed by atoms with Gasteiger partial charge in [0.1, 0.15) is 17.8 Å². The lowest BCUT2D eigenvalue weighted by atomic mass is 10.1. The Morgan fingerprint density at radius 3 is 2.78 bits per heavy atom. The number of carboxylic acid groups (broad SMARTS) is 1. The Kier molecular flexibility index (Phi) is 7.47. The van der Waals surface area contributed by atoms with Gasteiger partial charge >= 0.3 is 5.97 Å². The number of benzene rings is 1. The standard InChI is InChI=1S/C19H25ClN2O5/c1-3-4-6-14(19(25)26)21-17(23)15-7-5-10-22(15)18(24)13-11-12(20)8-9-16(13)27-2/h8-9,11,14-15H,3-7,10H2,1-2H3,(H,21,23)(H,25,26). The van der Waals surface area contributed by atoms with E-state index in [2.05, 4.69) is 5.32 Å². The van der Waals surface area contributed by atoms with E-state index in [0.717, 1.165) is 6.42 Å². The lowest BCUT2D eigenvalue weighted by molar-refractivity contribution is -0.142. The van der Waals surface area contributed by atoms with Crippen LogP contribution in [0.1, 0.15) is 49.4 Å². The smallest absolute Gasteiger partial charge is 0.326 e. The molecule has 27 heavy (non-hydrogen) atoms. The molecule has 1 fully saturated rings. The van der Waals surface area contributed by atoms with Crippen LogP contribution in [0.4, 0.5) is 0 Å². The monoisotopic (exact) mass is 396 g/mol. The Balaban J connectivity index is 2.16. The van der Waals surface area contributed by atoms with Crippen molar-refractivity contribution in [3.05, 3.63) is 28.8 Å². The molecule has 0 spiro atoms. The van der Waals surface area contributed by atoms with E-state index in [9.17, 15) is 19.5 Å². The summed E-state index contributed by atoms with van der Waals surface area (Å²) in [6, 6.07) is 3.08. The van der Waals surface area contributed by atoms with Gasteiger partial charge in [-0.3, -0.25) is 9.59 Å². The van der Waals surface area contributed by atoms with Crippen LogP contribution in [-0.2, 0) is 9.59 Å². The van der Waals surface area contributed by atoms with Crippen LogP contribution in [0.25, 0.3) is 0 Å². The Morgan fingerprint density at radius 1 is 1.41 bits per heavy atom. The van der Waals surface area contributed by atoms with Crippen LogP contribution < -0.4 is 10.1 Å². The highest BCUT2D eigenvalue weighted by Crippen LogP contribution is 2.27. The van der Waals surface area contributed by atoms with Crippen molar-refractivity contribution in [2.75, 3.05) is 13.7 Å². The highest BCUT2D eigenvalue weighted by atomic mass is 35.5. The first-order valence-electron chi connectivity index (χ1n) is 9.06. The summed E-state index contributed by atoms with van der Waals surface area (Å²) in [6.07, 6.45) is 3.05. The van der Waals surface area contributed by atoms with Crippen LogP contribution in [0.3, 0.4) is 0 Å². The normalized spacial score (nSPS) is 17.4. The zero-order chi connectivity index (χ0) is 20.0. The first kappa shape index (κ1) is 21.0. The number of hydrogen-bond acceptors (Lipinski definition) is 4. The Bertz CT molecular complexity index is 709. The highest BCUT2D eigenvalue weighted by molar-refractivity contribution is 6.31. The maximum atomic E-state index is 13.0. The molecule has 2 N–H and O–H groups in total. The average Bonchev–Trinajstić information content (AvgIpc) is 3.14. The molecule has 0 bridgehead atoms. The van der Waals surface area contributed by atoms with Crippen LogP contribution in [0.15, 0.2) is 18.2 Å². The molecule has 1 aliphatic rings. The molecular formula is C19H25ClN2O5. The molecule has 0 saturated carbocycles. The number of methoxy groups -OCH3 is 1. The number of nitrogens with zero attached hydrogens (tertiary/aromatic N) is 1. The summed E-state index contributed by atoms with van der Waals surface area (Å²) in [5.41, 5.74) is 0.283. The van der Waals surface area contributed by atoms with Crippen molar-refractivity contribution in [2.24, 2.45) is 0 Å². The summed E-state index contributed by atoms with van der Waals surface area (Å²) < 4.78 is 5.23. The van der Waals surface area contributed by atoms with E-state index in [1.807, 2.05) is 6.92 Å². The predicted octanol–water partition coefficient (Wildman–Crippen LogP) is 2.71. The number of aliphatic carboxylic acids is 1. The molecule has 1 aliphatic heterocycles. The van der Waals surface area contributed by atoms with Gasteiger partial charge in [0.05, 0.1) is 12.7 Å². The van der Waals surface area contributed by atoms with E-state index in [4.69, 9.17) is 16.3 Å². The third-order valence-corrected chi connectivity index (χ3v) is 4.90. The van der Waals surface area contributed by atoms with E-state index in [0.29, 0.717) is 43.0 Å². The number of halogens is 1. The first-order chi connectivity index (χ1) is 12.9. The van der Waals surface area contributed by atoms with E-state index < -0.39 is 24.0 Å². The quantitative estimate of drug-likeness (QED) is 0.704. The zero-order valence-electron chi connectivity index (χ0n) is 15.5. The molecule has 1 aromatic rings. The highest BCUT2D eigenvalue weighted by Gasteiger charge is 2.37. The number of ether oxygens (including phenoxy) is 1. The molecule has 0 radical (unpaired) electrons. The molecule has 2 atom stereocenters. The molecule has 1 aromatic carbocycles. The summed E-state index contributed by atoms with van der Waals surface area (Å²) in [5.74, 6) is -1.48. The van der Waals surface area contributed by atoms with Crippen molar-refractivity contribution in [2.45, 2.75) is 51.1 Å². The summed E-state index contributed by atoms with van der Waals surface area (Å²) in [5, 5.41) is 12.3. The van der Waals surface area contributed by atoms with Gasteiger partial charge in [0.15, 0.2) is 0 Å². The largest absolute Gasteiger partial charge is 0.496 e. The number of hydrogen-bond donors (Lipinski definition) is 2. The second-order valence-electron chi connectivity index (χ2n) is 6.54. The van der Waals surface area contributed by atoms with Crippen molar-refractivity contribution >= 4 is 29.4 Å². The number of nitrogens with one attached hydrogen (secondary N) is 1. The maximum Gasteiger partial charge on any atom is 0.326 e. The van der Waals surface area contributed by atoms with Gasteiger partial charge in [0, 0.05) is 11.6 Å². The van der Waals surface area contributed by atoms with E-state index >= 15 is 0 Å². The molecule has 8 heteroatoms. The third-order valence-electron chi connectivity index (χ3n) is 4.67. The van der Waals surface area contributed by atoms with Gasteiger partial charge in [0.25, 0.3) is 5.91 Å². The number of rotatable bonds is 8. The Morgan fingerprint density at radius 2 is 2.15 bits per heavy atom. The summed E-state index contributed by atoms with van der Waals surface area (Å²) in [4.78, 5) is 38.5. The fourth-order valence-electron chi connectivity index (χ4n) is 3.22. The molecule has 1 heterocycles. The molecule has 1 saturated heterocycles. The molecule has 2 rings (SSSR count). The van der Waals surface area contributed by atoms with E-state index in [1.54, 1.807) is 12.1 Å². The van der Waals surface area contributed by atoms with Crippen molar-refractivity contribution in [3.63, 3.8) is 0 Å². The van der Waals surface area contributed by atoms with Gasteiger partial charge < -0.3 is 20.1 Å². The van der Waals surface area contributed by atoms with Crippen LogP contribution in [-0.4, -0.2) is 53.5 Å². The summed E-state index contributed by atoms with van der Waals surface area (Å²) in [7, 11) is 1.46. The van der Waals surface area contributed by atoms with Gasteiger partial charge in [-0.2, -0.15) is 0 Å². The number of unbranched alkanes of at least 4 members (excludes halogenated alkanes) is 1. The van der Waals surface area contributed by atoms with Gasteiger partial charge in [-0.05, 0) is 37.5 Å². The minimum atomic E-state index is -1.07. The third kappa shape index (κ3) is 5.13. The van der Waals surface area contributed by atoms with Crippen molar-refractivity contribution in [3.8, 4) is 5.75 Å². The topological polar surface area (TPSA) is 95.9 Å². The lowest BCUT2D eigenvalue weighted by Gasteiger charge is -2.26. The summed E-state index contributed by atoms with van der Waals surface area (Å²) >= 11 is 6.00. The van der Waals surface area contributed by atoms with Gasteiger partial charge in [0.2, 0.25) is 5.91 Å². The van der Waals surface area contributed by atoms with Crippen molar-refractivity contribution < 1.29 is 24.2 Å². The van der Waals surface area contributed by atoms with Crippen molar-refractivity contribution in [1.82, 2.24) is 10.2 Å². The molecule has 0 aromatic heterocycles. The number of carbonyl (C=O) groups excluding carboxylic acids is 2. The Hall–Kier alpha value is -2.28. The molecule has 7 nitrogen and oxygen atoms in total. The van der Waals surface area contributed by atoms with Gasteiger partial charge in [-0.1, -0.05) is 31.4 Å². The number of carboxylic acids is 1. The maximum absolute atomic E-state index is 13.0. The zero-order valence-corrected chi connectivity index (χ0v) is 16.3. The van der Waals surface area contributed by atoms with E-state index in [-0.39, 0.29) is 11.5 Å². The second kappa shape index (κ2) is 9.60. The number of amides is 2. The SMILES string of the molecule is CCCCC(NC(=O)C1CCCN1C(=O)c1cc(Cl)ccc1OC)C(=O)O. The predicted molar refractivity (Wildman–Crippen MR) is 101 cm³/mol. The van der Waals surface area contributed by atoms with Gasteiger partial charge in [-0.25, -0.2) is 4.79 Å². The van der Waals surface area contributed by atoms with Crippen LogP contribution in [0, 0.1) is 0 Å². The summed E-state index contributed by atoms with van der Waals surface area (Å²) in [6.45, 7) is 2.37. The molecule has 2 unspecified atom stereocenters. The fourth-order valence-corrected chi connectivity index (χ4v) is 3.39. The second-order valence-corrected chi connectivity index (χ2v) is 6.98. The molecule has 2 amide bonds. The van der Waals surface area contributed by atoms with Crippen LogP contribution in [0.5, 0.6) is 5.75 Å². The van der Waals surface area contributed by atoms with Crippen molar-refractivity contribution in [1.29, 1.82) is 0 Å². The van der Waals surface area contributed by atoms with Crippen LogP contribution >= 0.6 is 11.6 Å². The number of carbonyl (C=O) groups is 3. The minimum absolute atomic E-state index is 0.283. The molecule has 148 valence electrons. The Labute approximate surface area is 163 Å². The van der Waals surface area contributed by atoms with Gasteiger partial charge in [-0.15, -0.1) is 0 Å². The molecular weight excluding hydrogens is 372 g/mol. The average molecular weight is 397 g/mol. The molecule has 0 aliphatic carbocycles. The minimum Gasteiger partial charge on any atom is -0.496 e. The first-order valence-corrected chi connectivity index (χ1v) is 9.44. The fraction of sp³-hybridized carbons (Fsp3) is 0.526. The number of likely N-dealkylation sites (tertiary alicyclic amines) is 1. The van der Waals surface area contributed by atoms with E-state index in [1.165, 1.54) is 18.1 Å².